The summed E-state index contributed by atoms with van der Waals surface area (Å²) in [5.41, 5.74) is 1.42. The first kappa shape index (κ1) is 13.1. The third-order valence-electron chi connectivity index (χ3n) is 4.60. The van der Waals surface area contributed by atoms with Crippen LogP contribution in [0.2, 0.25) is 0 Å². The van der Waals surface area contributed by atoms with Crippen LogP contribution in [0.25, 0.3) is 0 Å². The first-order valence-electron chi connectivity index (χ1n) is 7.77. The van der Waals surface area contributed by atoms with Crippen molar-refractivity contribution in [1.29, 1.82) is 0 Å². The third-order valence-corrected chi connectivity index (χ3v) is 4.60. The van der Waals surface area contributed by atoms with Gasteiger partial charge in [-0.05, 0) is 69.4 Å². The highest BCUT2D eigenvalue weighted by atomic mass is 15.2. The minimum absolute atomic E-state index is 0.805. The van der Waals surface area contributed by atoms with Crippen LogP contribution >= 0.6 is 0 Å². The van der Waals surface area contributed by atoms with Crippen LogP contribution in [-0.2, 0) is 6.42 Å². The lowest BCUT2D eigenvalue weighted by Gasteiger charge is -2.28. The second-order valence-corrected chi connectivity index (χ2v) is 5.95. The molecule has 0 aliphatic carbocycles. The molecule has 1 unspecified atom stereocenters. The van der Waals surface area contributed by atoms with E-state index in [0.29, 0.717) is 0 Å². The van der Waals surface area contributed by atoms with Gasteiger partial charge in [-0.15, -0.1) is 0 Å². The molecule has 3 heteroatoms. The van der Waals surface area contributed by atoms with E-state index in [2.05, 4.69) is 26.9 Å². The van der Waals surface area contributed by atoms with E-state index in [0.717, 1.165) is 6.04 Å². The fourth-order valence-electron chi connectivity index (χ4n) is 3.48. The summed E-state index contributed by atoms with van der Waals surface area (Å²) in [6.45, 7) is 6.46. The number of nitrogens with zero attached hydrogens (tertiary/aromatic N) is 3. The maximum Gasteiger partial charge on any atom is 0.0270 e. The van der Waals surface area contributed by atoms with E-state index in [1.807, 2.05) is 12.4 Å². The standard InChI is InChI=1S/C16H25N3/c1-2-11-18(10-1)14-16-4-3-12-19(16)13-7-15-5-8-17-9-6-15/h5-6,8-9,16H,1-4,7,10-14H2. The molecule has 104 valence electrons. The first-order chi connectivity index (χ1) is 9.42. The quantitative estimate of drug-likeness (QED) is 0.808. The summed E-state index contributed by atoms with van der Waals surface area (Å²) in [4.78, 5) is 9.46. The highest BCUT2D eigenvalue weighted by Gasteiger charge is 2.26. The molecule has 0 spiro atoms. The molecule has 2 fully saturated rings. The number of likely N-dealkylation sites (tertiary alicyclic amines) is 2. The van der Waals surface area contributed by atoms with Crippen LogP contribution in [0.3, 0.4) is 0 Å². The molecule has 0 saturated carbocycles. The maximum absolute atomic E-state index is 4.09. The molecule has 1 atom stereocenters. The van der Waals surface area contributed by atoms with E-state index < -0.39 is 0 Å². The zero-order chi connectivity index (χ0) is 12.9. The van der Waals surface area contributed by atoms with E-state index in [-0.39, 0.29) is 0 Å². The van der Waals surface area contributed by atoms with Gasteiger partial charge in [0.1, 0.15) is 0 Å². The number of hydrogen-bond acceptors (Lipinski definition) is 3. The Kier molecular flexibility index (Phi) is 4.46. The smallest absolute Gasteiger partial charge is 0.0270 e. The van der Waals surface area contributed by atoms with Gasteiger partial charge in [0.25, 0.3) is 0 Å². The van der Waals surface area contributed by atoms with Crippen molar-refractivity contribution in [1.82, 2.24) is 14.8 Å². The van der Waals surface area contributed by atoms with Crippen molar-refractivity contribution in [2.24, 2.45) is 0 Å². The zero-order valence-electron chi connectivity index (χ0n) is 11.8. The van der Waals surface area contributed by atoms with Crippen molar-refractivity contribution in [3.8, 4) is 0 Å². The van der Waals surface area contributed by atoms with Crippen molar-refractivity contribution in [2.75, 3.05) is 32.7 Å². The van der Waals surface area contributed by atoms with Gasteiger partial charge in [-0.25, -0.2) is 0 Å². The van der Waals surface area contributed by atoms with E-state index in [9.17, 15) is 0 Å². The summed E-state index contributed by atoms with van der Waals surface area (Å²) >= 11 is 0. The zero-order valence-corrected chi connectivity index (χ0v) is 11.8. The van der Waals surface area contributed by atoms with E-state index in [1.54, 1.807) is 0 Å². The van der Waals surface area contributed by atoms with E-state index in [1.165, 1.54) is 70.4 Å². The first-order valence-corrected chi connectivity index (χ1v) is 7.77. The molecule has 1 aromatic heterocycles. The molecule has 3 rings (SSSR count). The van der Waals surface area contributed by atoms with Gasteiger partial charge in [-0.2, -0.15) is 0 Å². The van der Waals surface area contributed by atoms with Crippen LogP contribution in [0, 0.1) is 0 Å². The summed E-state index contributed by atoms with van der Waals surface area (Å²) in [6, 6.07) is 5.09. The van der Waals surface area contributed by atoms with Gasteiger partial charge in [0.05, 0.1) is 0 Å². The Bertz CT molecular complexity index is 373. The normalized spacial score (nSPS) is 25.2. The van der Waals surface area contributed by atoms with Crippen LogP contribution in [0.15, 0.2) is 24.5 Å². The van der Waals surface area contributed by atoms with Gasteiger partial charge in [0.2, 0.25) is 0 Å². The summed E-state index contributed by atoms with van der Waals surface area (Å²) in [5.74, 6) is 0. The average molecular weight is 259 g/mol. The molecule has 0 amide bonds. The monoisotopic (exact) mass is 259 g/mol. The lowest BCUT2D eigenvalue weighted by atomic mass is 10.1. The van der Waals surface area contributed by atoms with Crippen molar-refractivity contribution in [3.05, 3.63) is 30.1 Å². The van der Waals surface area contributed by atoms with Crippen LogP contribution in [0.5, 0.6) is 0 Å². The van der Waals surface area contributed by atoms with E-state index in [4.69, 9.17) is 0 Å². The Morgan fingerprint density at radius 1 is 1.05 bits per heavy atom. The topological polar surface area (TPSA) is 19.4 Å². The summed E-state index contributed by atoms with van der Waals surface area (Å²) in [7, 11) is 0. The average Bonchev–Trinajstić information content (AvgIpc) is 3.10. The van der Waals surface area contributed by atoms with Gasteiger partial charge in [0.15, 0.2) is 0 Å². The van der Waals surface area contributed by atoms with Gasteiger partial charge < -0.3 is 4.90 Å². The molecule has 0 aromatic carbocycles. The molecule has 19 heavy (non-hydrogen) atoms. The van der Waals surface area contributed by atoms with Crippen LogP contribution in [0.1, 0.15) is 31.2 Å². The SMILES string of the molecule is c1cc(CCN2CCCC2CN2CCCC2)ccn1. The van der Waals surface area contributed by atoms with E-state index >= 15 is 0 Å². The maximum atomic E-state index is 4.09. The van der Waals surface area contributed by atoms with Gasteiger partial charge >= 0.3 is 0 Å². The summed E-state index contributed by atoms with van der Waals surface area (Å²) < 4.78 is 0. The molecular weight excluding hydrogens is 234 g/mol. The Morgan fingerprint density at radius 2 is 1.84 bits per heavy atom. The number of hydrogen-bond donors (Lipinski definition) is 0. The van der Waals surface area contributed by atoms with Crippen LogP contribution < -0.4 is 0 Å². The largest absolute Gasteiger partial charge is 0.302 e. The highest BCUT2D eigenvalue weighted by molar-refractivity contribution is 5.10. The summed E-state index contributed by atoms with van der Waals surface area (Å²) in [6.07, 6.45) is 10.6. The van der Waals surface area contributed by atoms with Gasteiger partial charge in [0, 0.05) is 31.5 Å². The van der Waals surface area contributed by atoms with Crippen LogP contribution in [0.4, 0.5) is 0 Å². The van der Waals surface area contributed by atoms with Crippen molar-refractivity contribution in [3.63, 3.8) is 0 Å². The van der Waals surface area contributed by atoms with Crippen molar-refractivity contribution in [2.45, 2.75) is 38.1 Å². The minimum Gasteiger partial charge on any atom is -0.302 e. The molecule has 0 radical (unpaired) electrons. The van der Waals surface area contributed by atoms with Crippen molar-refractivity contribution >= 4 is 0 Å². The molecule has 0 bridgehead atoms. The van der Waals surface area contributed by atoms with Gasteiger partial charge in [-0.1, -0.05) is 0 Å². The third kappa shape index (κ3) is 3.54. The molecule has 3 heterocycles. The predicted octanol–water partition coefficient (Wildman–Crippen LogP) is 2.18. The Hall–Kier alpha value is -0.930. The Labute approximate surface area is 116 Å². The second kappa shape index (κ2) is 6.49. The molecule has 2 aliphatic rings. The molecule has 2 aliphatic heterocycles. The lowest BCUT2D eigenvalue weighted by molar-refractivity contribution is 0.193. The molecule has 1 aromatic rings. The fourth-order valence-corrected chi connectivity index (χ4v) is 3.48. The van der Waals surface area contributed by atoms with Crippen LogP contribution in [-0.4, -0.2) is 53.5 Å². The molecule has 0 N–H and O–H groups in total. The Morgan fingerprint density at radius 3 is 2.63 bits per heavy atom. The number of aromatic nitrogens is 1. The van der Waals surface area contributed by atoms with Gasteiger partial charge in [-0.3, -0.25) is 9.88 Å². The Balaban J connectivity index is 1.48. The second-order valence-electron chi connectivity index (χ2n) is 5.95. The molecule has 3 nitrogen and oxygen atoms in total. The summed E-state index contributed by atoms with van der Waals surface area (Å²) in [5, 5.41) is 0. The number of pyridine rings is 1. The predicted molar refractivity (Wildman–Crippen MR) is 78.2 cm³/mol. The van der Waals surface area contributed by atoms with Crippen molar-refractivity contribution < 1.29 is 0 Å². The lowest BCUT2D eigenvalue weighted by Crippen LogP contribution is -2.40. The molecule has 2 saturated heterocycles. The molecular formula is C16H25N3. The number of rotatable bonds is 5. The highest BCUT2D eigenvalue weighted by Crippen LogP contribution is 2.20. The fraction of sp³-hybridized carbons (Fsp3) is 0.688. The minimum atomic E-state index is 0.805.